The molecule has 36 heavy (non-hydrogen) atoms. The van der Waals surface area contributed by atoms with Gasteiger partial charge in [-0.1, -0.05) is 6.07 Å². The summed E-state index contributed by atoms with van der Waals surface area (Å²) in [5.41, 5.74) is 1.72. The number of hydrogen-bond acceptors (Lipinski definition) is 10. The lowest BCUT2D eigenvalue weighted by Gasteiger charge is -2.36. The van der Waals surface area contributed by atoms with Crippen molar-refractivity contribution in [1.29, 1.82) is 0 Å². The Balaban J connectivity index is 1.65. The molecular weight excluding hydrogens is 472 g/mol. The SMILES string of the molecule is COc1cc([C@H]2CC(=O)Oc3cc(O)c4c(c32)O[C@H](c2cc(O)c(OC)c(O)c2)[C@@H](O)C4)ccc1O. The molecule has 188 valence electrons. The average molecular weight is 496 g/mol. The van der Waals surface area contributed by atoms with Gasteiger partial charge in [-0.25, -0.2) is 0 Å². The topological polar surface area (TPSA) is 155 Å². The van der Waals surface area contributed by atoms with Crippen molar-refractivity contribution in [2.75, 3.05) is 14.2 Å². The van der Waals surface area contributed by atoms with Gasteiger partial charge < -0.3 is 44.5 Å². The number of benzene rings is 3. The standard InChI is InChI=1S/C26H24O10/c1-33-20-7-11(3-4-15(20)27)13-9-22(32)35-21-10-16(28)14-8-19(31)24(36-25(14)23(13)21)12-5-17(29)26(34-2)18(30)6-12/h3-7,10,13,19,24,27-31H,8-9H2,1-2H3/t13-,19+,24-/m1/s1. The molecule has 3 aromatic carbocycles. The van der Waals surface area contributed by atoms with Crippen molar-refractivity contribution in [2.24, 2.45) is 0 Å². The summed E-state index contributed by atoms with van der Waals surface area (Å²) in [6.07, 6.45) is -2.21. The number of fused-ring (bicyclic) bond motifs is 3. The van der Waals surface area contributed by atoms with Gasteiger partial charge in [0.05, 0.1) is 26.7 Å². The highest BCUT2D eigenvalue weighted by Gasteiger charge is 2.40. The zero-order valence-corrected chi connectivity index (χ0v) is 19.4. The smallest absolute Gasteiger partial charge is 0.312 e. The van der Waals surface area contributed by atoms with Crippen LogP contribution in [0.15, 0.2) is 36.4 Å². The number of esters is 1. The summed E-state index contributed by atoms with van der Waals surface area (Å²) < 4.78 is 21.8. The summed E-state index contributed by atoms with van der Waals surface area (Å²) in [4.78, 5) is 12.5. The summed E-state index contributed by atoms with van der Waals surface area (Å²) in [6.45, 7) is 0. The molecule has 2 heterocycles. The number of carbonyl (C=O) groups is 1. The van der Waals surface area contributed by atoms with E-state index in [-0.39, 0.29) is 64.4 Å². The van der Waals surface area contributed by atoms with E-state index in [4.69, 9.17) is 18.9 Å². The van der Waals surface area contributed by atoms with Crippen LogP contribution in [0.5, 0.6) is 46.0 Å². The van der Waals surface area contributed by atoms with Crippen LogP contribution in [-0.2, 0) is 11.2 Å². The minimum Gasteiger partial charge on any atom is -0.507 e. The molecule has 0 aliphatic carbocycles. The first-order valence-corrected chi connectivity index (χ1v) is 11.1. The third-order valence-corrected chi connectivity index (χ3v) is 6.52. The maximum Gasteiger partial charge on any atom is 0.312 e. The lowest BCUT2D eigenvalue weighted by atomic mass is 9.82. The zero-order valence-electron chi connectivity index (χ0n) is 19.4. The Morgan fingerprint density at radius 3 is 2.25 bits per heavy atom. The fourth-order valence-corrected chi connectivity index (χ4v) is 4.86. The molecule has 10 heteroatoms. The van der Waals surface area contributed by atoms with Gasteiger partial charge in [0.2, 0.25) is 5.75 Å². The van der Waals surface area contributed by atoms with Crippen molar-refractivity contribution < 1.29 is 49.3 Å². The number of rotatable bonds is 4. The van der Waals surface area contributed by atoms with E-state index in [0.717, 1.165) is 0 Å². The Morgan fingerprint density at radius 1 is 0.861 bits per heavy atom. The van der Waals surface area contributed by atoms with Gasteiger partial charge in [-0.15, -0.1) is 0 Å². The van der Waals surface area contributed by atoms with Crippen molar-refractivity contribution in [2.45, 2.75) is 31.0 Å². The summed E-state index contributed by atoms with van der Waals surface area (Å²) >= 11 is 0. The van der Waals surface area contributed by atoms with Gasteiger partial charge in [0.25, 0.3) is 0 Å². The van der Waals surface area contributed by atoms with Crippen molar-refractivity contribution in [3.8, 4) is 46.0 Å². The predicted molar refractivity (Wildman–Crippen MR) is 124 cm³/mol. The molecule has 0 saturated carbocycles. The van der Waals surface area contributed by atoms with E-state index in [1.54, 1.807) is 12.1 Å². The number of hydrogen-bond donors (Lipinski definition) is 5. The predicted octanol–water partition coefficient (Wildman–Crippen LogP) is 3.00. The van der Waals surface area contributed by atoms with Gasteiger partial charge >= 0.3 is 5.97 Å². The van der Waals surface area contributed by atoms with Crippen LogP contribution >= 0.6 is 0 Å². The number of aliphatic hydroxyl groups is 1. The van der Waals surface area contributed by atoms with Crippen molar-refractivity contribution >= 4 is 5.97 Å². The Kier molecular flexibility index (Phi) is 5.68. The molecule has 0 spiro atoms. The highest BCUT2D eigenvalue weighted by Crippen LogP contribution is 2.53. The van der Waals surface area contributed by atoms with Crippen LogP contribution < -0.4 is 18.9 Å². The molecule has 0 amide bonds. The fraction of sp³-hybridized carbons (Fsp3) is 0.269. The molecule has 0 saturated heterocycles. The maximum absolute atomic E-state index is 12.5. The van der Waals surface area contributed by atoms with Gasteiger partial charge in [0.1, 0.15) is 17.2 Å². The van der Waals surface area contributed by atoms with E-state index in [9.17, 15) is 30.3 Å². The molecule has 2 aliphatic rings. The molecule has 0 unspecified atom stereocenters. The highest BCUT2D eigenvalue weighted by molar-refractivity contribution is 5.80. The summed E-state index contributed by atoms with van der Waals surface area (Å²) in [5.74, 6) is -1.61. The number of phenolic OH excluding ortho intramolecular Hbond substituents is 4. The van der Waals surface area contributed by atoms with Gasteiger partial charge in [0, 0.05) is 35.1 Å². The molecule has 2 aliphatic heterocycles. The quantitative estimate of drug-likeness (QED) is 0.269. The number of carbonyl (C=O) groups excluding carboxylic acids is 1. The summed E-state index contributed by atoms with van der Waals surface area (Å²) in [6, 6.07) is 8.66. The molecule has 5 N–H and O–H groups in total. The van der Waals surface area contributed by atoms with E-state index in [1.165, 1.54) is 38.5 Å². The molecular formula is C26H24O10. The lowest BCUT2D eigenvalue weighted by molar-refractivity contribution is -0.135. The second kappa shape index (κ2) is 8.72. The van der Waals surface area contributed by atoms with Gasteiger partial charge in [-0.2, -0.15) is 0 Å². The van der Waals surface area contributed by atoms with E-state index in [0.29, 0.717) is 16.7 Å². The van der Waals surface area contributed by atoms with Gasteiger partial charge in [-0.3, -0.25) is 4.79 Å². The first kappa shape index (κ1) is 23.4. The van der Waals surface area contributed by atoms with E-state index < -0.39 is 24.1 Å². The Bertz CT molecular complexity index is 1340. The number of aromatic hydroxyl groups is 4. The number of phenols is 4. The van der Waals surface area contributed by atoms with Gasteiger partial charge in [0.15, 0.2) is 29.1 Å². The third kappa shape index (κ3) is 3.75. The molecule has 10 nitrogen and oxygen atoms in total. The fourth-order valence-electron chi connectivity index (χ4n) is 4.86. The molecule has 0 aromatic heterocycles. The second-order valence-electron chi connectivity index (χ2n) is 8.68. The molecule has 3 atom stereocenters. The highest BCUT2D eigenvalue weighted by atomic mass is 16.5. The molecule has 3 aromatic rings. The van der Waals surface area contributed by atoms with Crippen LogP contribution in [0.2, 0.25) is 0 Å². The van der Waals surface area contributed by atoms with Crippen LogP contribution in [0.25, 0.3) is 0 Å². The van der Waals surface area contributed by atoms with Gasteiger partial charge in [-0.05, 0) is 29.8 Å². The number of aliphatic hydroxyl groups excluding tert-OH is 1. The van der Waals surface area contributed by atoms with Crippen LogP contribution in [0.1, 0.15) is 40.7 Å². The lowest BCUT2D eigenvalue weighted by Crippen LogP contribution is -2.32. The molecule has 0 radical (unpaired) electrons. The van der Waals surface area contributed by atoms with Crippen LogP contribution in [-0.4, -0.2) is 51.8 Å². The number of ether oxygens (including phenoxy) is 4. The Morgan fingerprint density at radius 2 is 1.58 bits per heavy atom. The first-order valence-electron chi connectivity index (χ1n) is 11.1. The molecule has 0 bridgehead atoms. The summed E-state index contributed by atoms with van der Waals surface area (Å²) in [5, 5.41) is 52.1. The van der Waals surface area contributed by atoms with E-state index in [2.05, 4.69) is 0 Å². The first-order chi connectivity index (χ1) is 17.2. The largest absolute Gasteiger partial charge is 0.507 e. The van der Waals surface area contributed by atoms with Crippen LogP contribution in [0.3, 0.4) is 0 Å². The minimum absolute atomic E-state index is 0.00771. The van der Waals surface area contributed by atoms with Crippen molar-refractivity contribution in [3.05, 3.63) is 58.7 Å². The van der Waals surface area contributed by atoms with E-state index in [1.807, 2.05) is 0 Å². The Hall–Kier alpha value is -4.31. The van der Waals surface area contributed by atoms with E-state index >= 15 is 0 Å². The van der Waals surface area contributed by atoms with Crippen molar-refractivity contribution in [1.82, 2.24) is 0 Å². The average Bonchev–Trinajstić information content (AvgIpc) is 2.83. The van der Waals surface area contributed by atoms with Crippen molar-refractivity contribution in [3.63, 3.8) is 0 Å². The summed E-state index contributed by atoms with van der Waals surface area (Å²) in [7, 11) is 2.71. The zero-order chi connectivity index (χ0) is 25.7. The second-order valence-corrected chi connectivity index (χ2v) is 8.68. The van der Waals surface area contributed by atoms with Crippen LogP contribution in [0, 0.1) is 0 Å². The number of methoxy groups -OCH3 is 2. The monoisotopic (exact) mass is 496 g/mol. The third-order valence-electron chi connectivity index (χ3n) is 6.52. The van der Waals surface area contributed by atoms with Crippen LogP contribution in [0.4, 0.5) is 0 Å². The Labute approximate surface area is 205 Å². The normalized spacial score (nSPS) is 20.5. The molecule has 0 fully saturated rings. The maximum atomic E-state index is 12.5. The minimum atomic E-state index is -1.13. The molecule has 5 rings (SSSR count).